The lowest BCUT2D eigenvalue weighted by molar-refractivity contribution is -0.133. The van der Waals surface area contributed by atoms with Gasteiger partial charge in [0.15, 0.2) is 0 Å². The molecule has 0 spiro atoms. The van der Waals surface area contributed by atoms with E-state index < -0.39 is 12.0 Å². The summed E-state index contributed by atoms with van der Waals surface area (Å²) in [5, 5.41) is 14.0. The van der Waals surface area contributed by atoms with E-state index in [1.807, 2.05) is 24.3 Å². The van der Waals surface area contributed by atoms with Gasteiger partial charge in [0.25, 0.3) is 6.47 Å². The number of likely N-dealkylation sites (tertiary alicyclic amines) is 1. The van der Waals surface area contributed by atoms with Crippen LogP contribution in [0.2, 0.25) is 0 Å². The van der Waals surface area contributed by atoms with Crippen LogP contribution >= 0.6 is 0 Å². The van der Waals surface area contributed by atoms with Gasteiger partial charge in [-0.15, -0.1) is 0 Å². The first kappa shape index (κ1) is 31.3. The van der Waals surface area contributed by atoms with Crippen molar-refractivity contribution in [1.29, 1.82) is 0 Å². The average molecular weight is 600 g/mol. The van der Waals surface area contributed by atoms with E-state index >= 15 is 0 Å². The largest absolute Gasteiger partial charge is 0.494 e. The Labute approximate surface area is 248 Å². The maximum Gasteiger partial charge on any atom is 0.410 e. The Morgan fingerprint density at radius 3 is 2.60 bits per heavy atom. The van der Waals surface area contributed by atoms with Gasteiger partial charge in [0.1, 0.15) is 31.6 Å². The summed E-state index contributed by atoms with van der Waals surface area (Å²) in [4.78, 5) is 68.4. The number of rotatable bonds is 6. The number of carbonyl (C=O) groups is 5. The number of aromatic nitrogens is 3. The molecule has 43 heavy (non-hydrogen) atoms. The van der Waals surface area contributed by atoms with E-state index in [2.05, 4.69) is 15.4 Å². The maximum atomic E-state index is 13.4. The summed E-state index contributed by atoms with van der Waals surface area (Å²) in [6.45, 7) is 3.13. The molecule has 2 atom stereocenters. The molecule has 2 N–H and O–H groups in total. The molecule has 15 heteroatoms. The van der Waals surface area contributed by atoms with Crippen molar-refractivity contribution in [2.45, 2.75) is 31.7 Å². The van der Waals surface area contributed by atoms with Gasteiger partial charge in [-0.3, -0.25) is 28.8 Å². The van der Waals surface area contributed by atoms with Crippen LogP contribution < -0.4 is 10.1 Å². The molecular weight excluding hydrogens is 562 g/mol. The lowest BCUT2D eigenvalue weighted by atomic mass is 9.88. The van der Waals surface area contributed by atoms with Gasteiger partial charge in [-0.1, -0.05) is 12.1 Å². The standard InChI is InChI=1S/C27H35N7O6.CH2O2/c35-24(6-2-9-34-19-28-18-30-34)33-15-22-20-4-1-5-21(14-20)39-12-3-8-31(10-7-29-26(37)23(22)16-33)25(36)17-32-11-13-40-27(32)38;2-1-3/h1,4-5,14,18-19,22-23H,2-3,6-13,15-17H2,(H,29,37);1H,(H,2,3)/t22-,23+;/m1./s1. The monoisotopic (exact) mass is 599 g/mol. The Balaban J connectivity index is 0.00000135. The Morgan fingerprint density at radius 1 is 1.05 bits per heavy atom. The first-order valence-electron chi connectivity index (χ1n) is 14.3. The number of benzene rings is 1. The third-order valence-electron chi connectivity index (χ3n) is 7.59. The first-order valence-corrected chi connectivity index (χ1v) is 14.3. The van der Waals surface area contributed by atoms with Crippen LogP contribution in [-0.2, 0) is 30.5 Å². The summed E-state index contributed by atoms with van der Waals surface area (Å²) >= 11 is 0. The summed E-state index contributed by atoms with van der Waals surface area (Å²) in [7, 11) is 0. The second kappa shape index (κ2) is 15.5. The van der Waals surface area contributed by atoms with E-state index in [1.165, 1.54) is 11.2 Å². The second-order valence-electron chi connectivity index (χ2n) is 10.4. The van der Waals surface area contributed by atoms with Crippen molar-refractivity contribution in [1.82, 2.24) is 34.8 Å². The Kier molecular flexibility index (Phi) is 11.3. The number of hydrogen-bond donors (Lipinski definition) is 2. The van der Waals surface area contributed by atoms with Crippen LogP contribution in [0.4, 0.5) is 4.79 Å². The number of carboxylic acid groups (broad SMARTS) is 1. The first-order chi connectivity index (χ1) is 20.9. The summed E-state index contributed by atoms with van der Waals surface area (Å²) in [5.74, 6) is -0.275. The highest BCUT2D eigenvalue weighted by atomic mass is 16.6. The van der Waals surface area contributed by atoms with Gasteiger partial charge < -0.3 is 29.7 Å². The molecule has 0 aliphatic carbocycles. The molecule has 5 rings (SSSR count). The van der Waals surface area contributed by atoms with Gasteiger partial charge in [0.05, 0.1) is 19.1 Å². The Bertz CT molecular complexity index is 1260. The number of hydrogen-bond acceptors (Lipinski definition) is 9. The molecule has 2 aromatic rings. The van der Waals surface area contributed by atoms with Gasteiger partial charge >= 0.3 is 6.09 Å². The summed E-state index contributed by atoms with van der Waals surface area (Å²) in [5.41, 5.74) is 0.960. The quantitative estimate of drug-likeness (QED) is 0.436. The molecule has 4 amide bonds. The molecule has 1 aromatic carbocycles. The van der Waals surface area contributed by atoms with E-state index in [4.69, 9.17) is 19.4 Å². The van der Waals surface area contributed by atoms with Crippen molar-refractivity contribution in [2.75, 3.05) is 59.0 Å². The molecule has 2 bridgehead atoms. The lowest BCUT2D eigenvalue weighted by Gasteiger charge is -2.26. The highest BCUT2D eigenvalue weighted by Gasteiger charge is 2.40. The SMILES string of the molecule is O=C1NCCN(C(=O)CN2CCOC2=O)CCCOc2cccc(c2)[C@H]2CN(C(=O)CCCn3cncn3)C[C@H]12.O=CO. The minimum absolute atomic E-state index is 0.00273. The number of aryl methyl sites for hydroxylation is 1. The van der Waals surface area contributed by atoms with Crippen LogP contribution in [0.5, 0.6) is 5.75 Å². The van der Waals surface area contributed by atoms with E-state index in [-0.39, 0.29) is 49.8 Å². The van der Waals surface area contributed by atoms with Gasteiger partial charge in [0, 0.05) is 51.6 Å². The summed E-state index contributed by atoms with van der Waals surface area (Å²) < 4.78 is 12.6. The predicted octanol–water partition coefficient (Wildman–Crippen LogP) is 0.181. The maximum absolute atomic E-state index is 13.4. The van der Waals surface area contributed by atoms with Crippen LogP contribution in [-0.4, -0.2) is 124 Å². The third-order valence-corrected chi connectivity index (χ3v) is 7.59. The fourth-order valence-electron chi connectivity index (χ4n) is 5.43. The molecule has 3 aliphatic rings. The third kappa shape index (κ3) is 8.66. The fourth-order valence-corrected chi connectivity index (χ4v) is 5.43. The molecule has 4 heterocycles. The molecule has 232 valence electrons. The van der Waals surface area contributed by atoms with Crippen molar-refractivity contribution in [2.24, 2.45) is 5.92 Å². The van der Waals surface area contributed by atoms with E-state index in [0.29, 0.717) is 70.9 Å². The number of amides is 4. The minimum Gasteiger partial charge on any atom is -0.494 e. The molecule has 2 fully saturated rings. The Morgan fingerprint density at radius 2 is 1.86 bits per heavy atom. The van der Waals surface area contributed by atoms with Crippen molar-refractivity contribution >= 4 is 30.3 Å². The van der Waals surface area contributed by atoms with E-state index in [9.17, 15) is 19.2 Å². The summed E-state index contributed by atoms with van der Waals surface area (Å²) in [6, 6.07) is 7.69. The number of cyclic esters (lactones) is 1. The van der Waals surface area contributed by atoms with Crippen LogP contribution in [0.15, 0.2) is 36.9 Å². The fraction of sp³-hybridized carbons (Fsp3) is 0.536. The molecular formula is C28H37N7O8. The minimum atomic E-state index is -0.489. The van der Waals surface area contributed by atoms with Crippen molar-refractivity contribution in [3.63, 3.8) is 0 Å². The topological polar surface area (TPSA) is 176 Å². The number of carbonyl (C=O) groups excluding carboxylic acids is 4. The van der Waals surface area contributed by atoms with E-state index in [0.717, 1.165) is 5.56 Å². The molecule has 0 radical (unpaired) electrons. The van der Waals surface area contributed by atoms with Crippen molar-refractivity contribution in [3.8, 4) is 5.75 Å². The van der Waals surface area contributed by atoms with Crippen LogP contribution in [0.1, 0.15) is 30.7 Å². The highest BCUT2D eigenvalue weighted by Crippen LogP contribution is 2.35. The van der Waals surface area contributed by atoms with Crippen LogP contribution in [0.25, 0.3) is 0 Å². The smallest absolute Gasteiger partial charge is 0.410 e. The van der Waals surface area contributed by atoms with Crippen molar-refractivity contribution in [3.05, 3.63) is 42.5 Å². The Hall–Kier alpha value is -4.69. The number of nitrogens with zero attached hydrogens (tertiary/aromatic N) is 6. The number of nitrogens with one attached hydrogen (secondary N) is 1. The molecule has 0 saturated carbocycles. The average Bonchev–Trinajstić information content (AvgIpc) is 3.76. The van der Waals surface area contributed by atoms with Crippen LogP contribution in [0.3, 0.4) is 0 Å². The molecule has 1 aromatic heterocycles. The summed E-state index contributed by atoms with van der Waals surface area (Å²) in [6.07, 6.45) is 4.17. The predicted molar refractivity (Wildman–Crippen MR) is 150 cm³/mol. The van der Waals surface area contributed by atoms with E-state index in [1.54, 1.807) is 20.8 Å². The molecule has 2 saturated heterocycles. The second-order valence-corrected chi connectivity index (χ2v) is 10.4. The van der Waals surface area contributed by atoms with Gasteiger partial charge in [0.2, 0.25) is 17.7 Å². The molecule has 3 aliphatic heterocycles. The highest BCUT2D eigenvalue weighted by molar-refractivity contribution is 5.84. The number of fused-ring (bicyclic) bond motifs is 4. The molecule has 0 unspecified atom stereocenters. The zero-order valence-corrected chi connectivity index (χ0v) is 23.9. The number of ether oxygens (including phenoxy) is 2. The van der Waals surface area contributed by atoms with Crippen molar-refractivity contribution < 1.29 is 38.6 Å². The van der Waals surface area contributed by atoms with Gasteiger partial charge in [-0.05, 0) is 30.5 Å². The normalized spacial score (nSPS) is 20.5. The van der Waals surface area contributed by atoms with Gasteiger partial charge in [-0.2, -0.15) is 5.10 Å². The zero-order chi connectivity index (χ0) is 30.6. The zero-order valence-electron chi connectivity index (χ0n) is 23.9. The lowest BCUT2D eigenvalue weighted by Crippen LogP contribution is -2.45. The molecule has 15 nitrogen and oxygen atoms in total. The van der Waals surface area contributed by atoms with Gasteiger partial charge in [-0.25, -0.2) is 9.78 Å². The van der Waals surface area contributed by atoms with Crippen LogP contribution in [0, 0.1) is 5.92 Å².